The molecule has 27 heavy (non-hydrogen) atoms. The van der Waals surface area contributed by atoms with Gasteiger partial charge in [-0.1, -0.05) is 85.0 Å². The molecule has 1 saturated heterocycles. The van der Waals surface area contributed by atoms with Crippen LogP contribution < -0.4 is 0 Å². The summed E-state index contributed by atoms with van der Waals surface area (Å²) >= 11 is 0. The zero-order valence-electron chi connectivity index (χ0n) is 15.2. The first-order chi connectivity index (χ1) is 13.1. The number of nitrogens with zero attached hydrogens (tertiary/aromatic N) is 1. The third-order valence-corrected chi connectivity index (χ3v) is 6.42. The summed E-state index contributed by atoms with van der Waals surface area (Å²) < 4.78 is 0. The number of hydrogen-bond donors (Lipinski definition) is 0. The van der Waals surface area contributed by atoms with Crippen molar-refractivity contribution in [2.75, 3.05) is 0 Å². The van der Waals surface area contributed by atoms with Gasteiger partial charge in [-0.25, -0.2) is 0 Å². The van der Waals surface area contributed by atoms with E-state index in [4.69, 9.17) is 0 Å². The quantitative estimate of drug-likeness (QED) is 0.609. The molecule has 3 heteroatoms. The van der Waals surface area contributed by atoms with Gasteiger partial charge in [0, 0.05) is 11.8 Å². The van der Waals surface area contributed by atoms with Crippen LogP contribution in [-0.2, 0) is 9.59 Å². The van der Waals surface area contributed by atoms with Crippen LogP contribution in [0.1, 0.15) is 30.0 Å². The van der Waals surface area contributed by atoms with Gasteiger partial charge >= 0.3 is 0 Å². The topological polar surface area (TPSA) is 37.4 Å². The van der Waals surface area contributed by atoms with Crippen LogP contribution >= 0.6 is 0 Å². The Hall–Kier alpha value is -2.94. The first kappa shape index (κ1) is 16.2. The highest BCUT2D eigenvalue weighted by molar-refractivity contribution is 6.11. The molecule has 4 aliphatic rings. The van der Waals surface area contributed by atoms with Gasteiger partial charge in [-0.3, -0.25) is 14.5 Å². The Bertz CT molecular complexity index is 946. The Morgan fingerprint density at radius 3 is 2.11 bits per heavy atom. The fraction of sp³-hybridized carbons (Fsp3) is 0.250. The maximum Gasteiger partial charge on any atom is 0.244 e. The molecule has 0 aromatic heterocycles. The van der Waals surface area contributed by atoms with Crippen molar-refractivity contribution in [1.82, 2.24) is 4.90 Å². The number of amides is 2. The van der Waals surface area contributed by atoms with Gasteiger partial charge in [-0.15, -0.1) is 0 Å². The van der Waals surface area contributed by atoms with Crippen LogP contribution in [0, 0.1) is 17.3 Å². The summed E-state index contributed by atoms with van der Waals surface area (Å²) in [6.45, 7) is 1.94. The van der Waals surface area contributed by atoms with E-state index < -0.39 is 5.41 Å². The van der Waals surface area contributed by atoms with E-state index in [1.54, 1.807) is 0 Å². The van der Waals surface area contributed by atoms with Crippen LogP contribution in [0.15, 0.2) is 85.0 Å². The second-order valence-electron chi connectivity index (χ2n) is 7.74. The normalized spacial score (nSPS) is 32.0. The number of allylic oxidation sites excluding steroid dienone is 2. The van der Waals surface area contributed by atoms with Gasteiger partial charge in [-0.2, -0.15) is 0 Å². The van der Waals surface area contributed by atoms with E-state index in [0.717, 1.165) is 11.1 Å². The predicted octanol–water partition coefficient (Wildman–Crippen LogP) is 4.26. The molecule has 2 aromatic carbocycles. The van der Waals surface area contributed by atoms with E-state index in [1.165, 1.54) is 4.90 Å². The molecule has 1 spiro atoms. The van der Waals surface area contributed by atoms with Gasteiger partial charge < -0.3 is 0 Å². The highest BCUT2D eigenvalue weighted by Gasteiger charge is 2.64. The minimum absolute atomic E-state index is 0.00521. The molecule has 2 aromatic rings. The molecule has 1 fully saturated rings. The summed E-state index contributed by atoms with van der Waals surface area (Å²) in [5.41, 5.74) is 1.27. The predicted molar refractivity (Wildman–Crippen MR) is 104 cm³/mol. The first-order valence-corrected chi connectivity index (χ1v) is 9.49. The number of imide groups is 1. The lowest BCUT2D eigenvalue weighted by molar-refractivity contribution is -0.142. The van der Waals surface area contributed by atoms with Crippen molar-refractivity contribution in [2.45, 2.75) is 18.9 Å². The second-order valence-corrected chi connectivity index (χ2v) is 7.74. The van der Waals surface area contributed by atoms with Crippen LogP contribution in [0.5, 0.6) is 0 Å². The van der Waals surface area contributed by atoms with Crippen molar-refractivity contribution >= 4 is 11.8 Å². The lowest BCUT2D eigenvalue weighted by atomic mass is 9.57. The number of carbonyl (C=O) groups excluding carboxylic acids is 2. The van der Waals surface area contributed by atoms with Gasteiger partial charge in [0.2, 0.25) is 11.8 Å². The highest BCUT2D eigenvalue weighted by Crippen LogP contribution is 2.58. The fourth-order valence-corrected chi connectivity index (χ4v) is 5.06. The van der Waals surface area contributed by atoms with Crippen LogP contribution in [0.3, 0.4) is 0 Å². The lowest BCUT2D eigenvalue weighted by Crippen LogP contribution is -2.42. The molecule has 0 N–H and O–H groups in total. The first-order valence-electron chi connectivity index (χ1n) is 9.49. The van der Waals surface area contributed by atoms with Crippen LogP contribution in [0.25, 0.3) is 0 Å². The molecule has 1 aliphatic heterocycles. The van der Waals surface area contributed by atoms with E-state index in [-0.39, 0.29) is 35.6 Å². The molecule has 3 atom stereocenters. The Kier molecular flexibility index (Phi) is 3.48. The number of likely N-dealkylation sites (tertiary alicyclic amines) is 1. The minimum atomic E-state index is -0.838. The van der Waals surface area contributed by atoms with Crippen molar-refractivity contribution < 1.29 is 9.59 Å². The maximum absolute atomic E-state index is 13.6. The number of carbonyl (C=O) groups is 2. The molecule has 2 bridgehead atoms. The average Bonchev–Trinajstić information content (AvgIpc) is 2.96. The molecular weight excluding hydrogens is 334 g/mol. The zero-order chi connectivity index (χ0) is 18.6. The van der Waals surface area contributed by atoms with E-state index >= 15 is 0 Å². The molecule has 2 amide bonds. The molecule has 1 unspecified atom stereocenters. The van der Waals surface area contributed by atoms with Gasteiger partial charge in [0.25, 0.3) is 0 Å². The van der Waals surface area contributed by atoms with Crippen LogP contribution in [0.2, 0.25) is 0 Å². The third kappa shape index (κ3) is 2.14. The van der Waals surface area contributed by atoms with Crippen LogP contribution in [-0.4, -0.2) is 16.7 Å². The van der Waals surface area contributed by atoms with Crippen molar-refractivity contribution in [3.63, 3.8) is 0 Å². The molecule has 3 nitrogen and oxygen atoms in total. The molecular formula is C24H21NO2. The standard InChI is InChI=1S/C24H21NO2/c1-16(17-8-4-2-5-9-17)25-22(26)21-20(18-10-6-3-7-11-18)19-12-14-24(21,15-13-19)23(25)27/h2-16,19-21H,1H3/t16?,19?,20-,21-,24?/m1/s1. The summed E-state index contributed by atoms with van der Waals surface area (Å²) in [5, 5.41) is 0. The lowest BCUT2D eigenvalue weighted by Gasteiger charge is -2.42. The van der Waals surface area contributed by atoms with Gasteiger partial charge in [0.05, 0.1) is 17.4 Å². The molecule has 1 heterocycles. The van der Waals surface area contributed by atoms with Gasteiger partial charge in [0.15, 0.2) is 0 Å². The summed E-state index contributed by atoms with van der Waals surface area (Å²) in [6, 6.07) is 19.6. The van der Waals surface area contributed by atoms with Crippen LogP contribution in [0.4, 0.5) is 0 Å². The van der Waals surface area contributed by atoms with Gasteiger partial charge in [0.1, 0.15) is 0 Å². The number of hydrogen-bond acceptors (Lipinski definition) is 2. The van der Waals surface area contributed by atoms with E-state index in [9.17, 15) is 9.59 Å². The Morgan fingerprint density at radius 2 is 1.48 bits per heavy atom. The second kappa shape index (κ2) is 5.78. The number of benzene rings is 2. The monoisotopic (exact) mass is 355 g/mol. The van der Waals surface area contributed by atoms with E-state index in [0.29, 0.717) is 0 Å². The van der Waals surface area contributed by atoms with Gasteiger partial charge in [-0.05, 0) is 18.1 Å². The van der Waals surface area contributed by atoms with Crippen molar-refractivity contribution in [1.29, 1.82) is 0 Å². The summed E-state index contributed by atoms with van der Waals surface area (Å²) in [4.78, 5) is 28.6. The molecule has 134 valence electrons. The summed E-state index contributed by atoms with van der Waals surface area (Å²) in [6.07, 6.45) is 8.16. The molecule has 6 rings (SSSR count). The molecule has 0 radical (unpaired) electrons. The largest absolute Gasteiger partial charge is 0.274 e. The molecule has 0 saturated carbocycles. The fourth-order valence-electron chi connectivity index (χ4n) is 5.06. The Labute approximate surface area is 159 Å². The van der Waals surface area contributed by atoms with E-state index in [1.807, 2.05) is 67.6 Å². The minimum Gasteiger partial charge on any atom is -0.274 e. The van der Waals surface area contributed by atoms with E-state index in [2.05, 4.69) is 24.3 Å². The zero-order valence-corrected chi connectivity index (χ0v) is 15.2. The summed E-state index contributed by atoms with van der Waals surface area (Å²) in [5.74, 6) is -0.350. The number of rotatable bonds is 3. The third-order valence-electron chi connectivity index (χ3n) is 6.42. The van der Waals surface area contributed by atoms with Crippen molar-refractivity contribution in [2.24, 2.45) is 17.3 Å². The summed E-state index contributed by atoms with van der Waals surface area (Å²) in [7, 11) is 0. The van der Waals surface area contributed by atoms with Crippen molar-refractivity contribution in [3.8, 4) is 0 Å². The maximum atomic E-state index is 13.6. The Balaban J connectivity index is 1.61. The average molecular weight is 355 g/mol. The van der Waals surface area contributed by atoms with Crippen molar-refractivity contribution in [3.05, 3.63) is 96.1 Å². The Morgan fingerprint density at radius 1 is 0.889 bits per heavy atom. The highest BCUT2D eigenvalue weighted by atomic mass is 16.2. The SMILES string of the molecule is CC(c1ccccc1)N1C(=O)[C@H]2[C@H](c3ccccc3)C3C=CC2(C=C3)C1=O. The smallest absolute Gasteiger partial charge is 0.244 e. The molecule has 3 aliphatic carbocycles.